The van der Waals surface area contributed by atoms with E-state index < -0.39 is 0 Å². The van der Waals surface area contributed by atoms with Gasteiger partial charge in [0.2, 0.25) is 0 Å². The lowest BCUT2D eigenvalue weighted by Gasteiger charge is -2.39. The molecule has 0 aromatic carbocycles. The molecule has 6 heteroatoms. The van der Waals surface area contributed by atoms with Crippen LogP contribution in [-0.4, -0.2) is 60.0 Å². The van der Waals surface area contributed by atoms with Gasteiger partial charge in [0.25, 0.3) is 5.91 Å². The first-order valence-electron chi connectivity index (χ1n) is 9.41. The molecule has 25 heavy (non-hydrogen) atoms. The number of anilines is 1. The lowest BCUT2D eigenvalue weighted by atomic mass is 9.79. The fourth-order valence-corrected chi connectivity index (χ4v) is 4.12. The molecule has 1 aliphatic carbocycles. The van der Waals surface area contributed by atoms with Crippen molar-refractivity contribution in [3.8, 4) is 0 Å². The summed E-state index contributed by atoms with van der Waals surface area (Å²) in [6.07, 6.45) is 7.31. The summed E-state index contributed by atoms with van der Waals surface area (Å²) in [4.78, 5) is 25.1. The van der Waals surface area contributed by atoms with E-state index in [4.69, 9.17) is 0 Å². The molecule has 2 heterocycles. The number of hydrogen-bond acceptors (Lipinski definition) is 5. The third-order valence-corrected chi connectivity index (χ3v) is 5.88. The standard InChI is InChI=1S/C19H31N5O/c1-19(2,3)14-5-6-15(11-14)23-7-9-24(10-8-23)17-13-21-16(12-22-17)18(25)20-4/h12-15H,5-11H2,1-4H3,(H,20,25). The normalized spacial score (nSPS) is 25.2. The molecule has 1 saturated carbocycles. The van der Waals surface area contributed by atoms with Crippen LogP contribution in [0.15, 0.2) is 12.4 Å². The smallest absolute Gasteiger partial charge is 0.271 e. The Kier molecular flexibility index (Phi) is 5.27. The summed E-state index contributed by atoms with van der Waals surface area (Å²) in [6, 6.07) is 0.744. The van der Waals surface area contributed by atoms with Crippen molar-refractivity contribution in [1.82, 2.24) is 20.2 Å². The van der Waals surface area contributed by atoms with Crippen LogP contribution in [-0.2, 0) is 0 Å². The zero-order valence-electron chi connectivity index (χ0n) is 16.0. The molecule has 2 fully saturated rings. The zero-order chi connectivity index (χ0) is 18.0. The highest BCUT2D eigenvalue weighted by Gasteiger charge is 2.36. The molecule has 1 aliphatic heterocycles. The Balaban J connectivity index is 1.53. The third-order valence-electron chi connectivity index (χ3n) is 5.88. The summed E-state index contributed by atoms with van der Waals surface area (Å²) >= 11 is 0. The van der Waals surface area contributed by atoms with Crippen LogP contribution < -0.4 is 10.2 Å². The predicted octanol–water partition coefficient (Wildman–Crippen LogP) is 2.17. The molecular formula is C19H31N5O. The molecule has 2 aliphatic rings. The molecule has 3 rings (SSSR count). The number of carbonyl (C=O) groups excluding carboxylic acids is 1. The van der Waals surface area contributed by atoms with E-state index in [0.29, 0.717) is 11.1 Å². The molecule has 2 unspecified atom stereocenters. The highest BCUT2D eigenvalue weighted by atomic mass is 16.1. The summed E-state index contributed by atoms with van der Waals surface area (Å²) < 4.78 is 0. The van der Waals surface area contributed by atoms with Crippen LogP contribution in [0.5, 0.6) is 0 Å². The maximum Gasteiger partial charge on any atom is 0.271 e. The van der Waals surface area contributed by atoms with Crippen molar-refractivity contribution in [2.24, 2.45) is 11.3 Å². The Morgan fingerprint density at radius 2 is 1.84 bits per heavy atom. The van der Waals surface area contributed by atoms with Gasteiger partial charge in [-0.3, -0.25) is 9.69 Å². The first kappa shape index (κ1) is 18.1. The van der Waals surface area contributed by atoms with Gasteiger partial charge >= 0.3 is 0 Å². The highest BCUT2D eigenvalue weighted by molar-refractivity contribution is 5.91. The van der Waals surface area contributed by atoms with E-state index in [-0.39, 0.29) is 5.91 Å². The average Bonchev–Trinajstić information content (AvgIpc) is 3.12. The van der Waals surface area contributed by atoms with Crippen LogP contribution >= 0.6 is 0 Å². The van der Waals surface area contributed by atoms with Gasteiger partial charge in [-0.15, -0.1) is 0 Å². The second-order valence-corrected chi connectivity index (χ2v) is 8.39. The van der Waals surface area contributed by atoms with Gasteiger partial charge < -0.3 is 10.2 Å². The molecule has 0 bridgehead atoms. The first-order valence-corrected chi connectivity index (χ1v) is 9.41. The van der Waals surface area contributed by atoms with Crippen molar-refractivity contribution >= 4 is 11.7 Å². The second-order valence-electron chi connectivity index (χ2n) is 8.39. The summed E-state index contributed by atoms with van der Waals surface area (Å²) in [5, 5.41) is 2.57. The maximum absolute atomic E-state index is 11.6. The van der Waals surface area contributed by atoms with Crippen molar-refractivity contribution in [2.75, 3.05) is 38.1 Å². The number of amides is 1. The fraction of sp³-hybridized carbons (Fsp3) is 0.737. The number of rotatable bonds is 3. The highest BCUT2D eigenvalue weighted by Crippen LogP contribution is 2.41. The predicted molar refractivity (Wildman–Crippen MR) is 99.8 cm³/mol. The molecule has 2 atom stereocenters. The molecule has 6 nitrogen and oxygen atoms in total. The van der Waals surface area contributed by atoms with Crippen LogP contribution in [0, 0.1) is 11.3 Å². The fourth-order valence-electron chi connectivity index (χ4n) is 4.12. The van der Waals surface area contributed by atoms with E-state index in [2.05, 4.69) is 45.9 Å². The quantitative estimate of drug-likeness (QED) is 0.910. The topological polar surface area (TPSA) is 61.4 Å². The van der Waals surface area contributed by atoms with Gasteiger partial charge in [0.05, 0.1) is 12.4 Å². The number of carbonyl (C=O) groups is 1. The number of aromatic nitrogens is 2. The largest absolute Gasteiger partial charge is 0.354 e. The number of nitrogens with one attached hydrogen (secondary N) is 1. The average molecular weight is 345 g/mol. The zero-order valence-corrected chi connectivity index (χ0v) is 16.0. The summed E-state index contributed by atoms with van der Waals surface area (Å²) in [5.74, 6) is 1.52. The molecule has 0 spiro atoms. The number of hydrogen-bond donors (Lipinski definition) is 1. The van der Waals surface area contributed by atoms with Crippen molar-refractivity contribution in [1.29, 1.82) is 0 Å². The van der Waals surface area contributed by atoms with Crippen LogP contribution in [0.2, 0.25) is 0 Å². The molecule has 138 valence electrons. The second kappa shape index (κ2) is 7.28. The minimum Gasteiger partial charge on any atom is -0.354 e. The van der Waals surface area contributed by atoms with E-state index in [1.54, 1.807) is 19.4 Å². The third kappa shape index (κ3) is 4.11. The van der Waals surface area contributed by atoms with Gasteiger partial charge in [-0.1, -0.05) is 20.8 Å². The number of piperazine rings is 1. The molecular weight excluding hydrogens is 314 g/mol. The molecule has 1 saturated heterocycles. The molecule has 0 radical (unpaired) electrons. The van der Waals surface area contributed by atoms with Crippen molar-refractivity contribution in [2.45, 2.75) is 46.1 Å². The Morgan fingerprint density at radius 1 is 1.12 bits per heavy atom. The van der Waals surface area contributed by atoms with Crippen LogP contribution in [0.4, 0.5) is 5.82 Å². The molecule has 1 amide bonds. The van der Waals surface area contributed by atoms with E-state index >= 15 is 0 Å². The van der Waals surface area contributed by atoms with E-state index in [9.17, 15) is 4.79 Å². The Hall–Kier alpha value is -1.69. The number of nitrogens with zero attached hydrogens (tertiary/aromatic N) is 4. The van der Waals surface area contributed by atoms with Crippen molar-refractivity contribution in [3.05, 3.63) is 18.1 Å². The van der Waals surface area contributed by atoms with Gasteiger partial charge in [0, 0.05) is 39.3 Å². The monoisotopic (exact) mass is 345 g/mol. The van der Waals surface area contributed by atoms with Crippen LogP contribution in [0.25, 0.3) is 0 Å². The van der Waals surface area contributed by atoms with Crippen molar-refractivity contribution in [3.63, 3.8) is 0 Å². The van der Waals surface area contributed by atoms with Gasteiger partial charge in [0.1, 0.15) is 11.5 Å². The van der Waals surface area contributed by atoms with E-state index in [1.807, 2.05) is 0 Å². The summed E-state index contributed by atoms with van der Waals surface area (Å²) in [7, 11) is 1.60. The molecule has 1 N–H and O–H groups in total. The van der Waals surface area contributed by atoms with Gasteiger partial charge in [-0.25, -0.2) is 9.97 Å². The lowest BCUT2D eigenvalue weighted by molar-refractivity contribution is 0.0958. The van der Waals surface area contributed by atoms with Gasteiger partial charge in [-0.2, -0.15) is 0 Å². The maximum atomic E-state index is 11.6. The van der Waals surface area contributed by atoms with Crippen LogP contribution in [0.3, 0.4) is 0 Å². The van der Waals surface area contributed by atoms with Gasteiger partial charge in [-0.05, 0) is 30.6 Å². The first-order chi connectivity index (χ1) is 11.9. The lowest BCUT2D eigenvalue weighted by Crippen LogP contribution is -2.50. The van der Waals surface area contributed by atoms with Crippen molar-refractivity contribution < 1.29 is 4.79 Å². The Bertz CT molecular complexity index is 587. The summed E-state index contributed by atoms with van der Waals surface area (Å²) in [5.41, 5.74) is 0.794. The Morgan fingerprint density at radius 3 is 2.36 bits per heavy atom. The minimum atomic E-state index is -0.196. The summed E-state index contributed by atoms with van der Waals surface area (Å²) in [6.45, 7) is 11.2. The minimum absolute atomic E-state index is 0.196. The van der Waals surface area contributed by atoms with Gasteiger partial charge in [0.15, 0.2) is 0 Å². The van der Waals surface area contributed by atoms with E-state index in [1.165, 1.54) is 19.3 Å². The Labute approximate surface area is 151 Å². The molecule has 1 aromatic heterocycles. The van der Waals surface area contributed by atoms with Crippen LogP contribution in [0.1, 0.15) is 50.5 Å². The molecule has 1 aromatic rings. The van der Waals surface area contributed by atoms with E-state index in [0.717, 1.165) is 44.0 Å². The SMILES string of the molecule is CNC(=O)c1cnc(N2CCN(C3CCC(C(C)(C)C)C3)CC2)cn1.